The smallest absolute Gasteiger partial charge is 0.303 e. The minimum Gasteiger partial charge on any atom is -0.481 e. The summed E-state index contributed by atoms with van der Waals surface area (Å²) in [4.78, 5) is 33.4. The Balaban J connectivity index is 1.18. The molecule has 0 aliphatic carbocycles. The van der Waals surface area contributed by atoms with Crippen LogP contribution in [0.5, 0.6) is 0 Å². The van der Waals surface area contributed by atoms with Crippen molar-refractivity contribution in [2.75, 3.05) is 64.2 Å². The number of carboxylic acid groups (broad SMARTS) is 1. The van der Waals surface area contributed by atoms with Crippen molar-refractivity contribution in [3.05, 3.63) is 128 Å². The Morgan fingerprint density at radius 1 is 0.706 bits per heavy atom. The predicted octanol–water partition coefficient (Wildman–Crippen LogP) is 7.08. The molecule has 20 nitrogen and oxygen atoms in total. The number of non-ortho nitro benzene ring substituents is 2. The quantitative estimate of drug-likeness (QED) is 0.0172. The molecule has 0 saturated heterocycles. The lowest BCUT2D eigenvalue weighted by molar-refractivity contribution is -0.438. The second-order valence-electron chi connectivity index (χ2n) is 17.0. The number of nitrogens with zero attached hydrogens (tertiary/aromatic N) is 4. The van der Waals surface area contributed by atoms with Crippen LogP contribution in [0.1, 0.15) is 70.1 Å². The van der Waals surface area contributed by atoms with Gasteiger partial charge in [-0.05, 0) is 74.2 Å². The molecule has 2 aliphatic heterocycles. The van der Waals surface area contributed by atoms with Gasteiger partial charge in [-0.1, -0.05) is 32.1 Å². The largest absolute Gasteiger partial charge is 0.481 e. The van der Waals surface area contributed by atoms with Crippen molar-refractivity contribution in [1.29, 1.82) is 0 Å². The molecule has 68 heavy (non-hydrogen) atoms. The number of anilines is 1. The number of unbranched alkanes of at least 4 members (excludes halogenated alkanes) is 2. The predicted molar refractivity (Wildman–Crippen MR) is 250 cm³/mol. The third-order valence-corrected chi connectivity index (χ3v) is 13.3. The van der Waals surface area contributed by atoms with Gasteiger partial charge in [0.15, 0.2) is 5.71 Å². The van der Waals surface area contributed by atoms with Crippen LogP contribution in [-0.4, -0.2) is 116 Å². The van der Waals surface area contributed by atoms with Crippen LogP contribution in [0.15, 0.2) is 100 Å². The molecular formula is C46H57N4O16S2+. The molecule has 3 aromatic rings. The van der Waals surface area contributed by atoms with E-state index in [1.165, 1.54) is 36.4 Å². The van der Waals surface area contributed by atoms with Gasteiger partial charge >= 0.3 is 5.97 Å². The van der Waals surface area contributed by atoms with Gasteiger partial charge in [0.05, 0.1) is 84.0 Å². The topological polar surface area (TPSA) is 275 Å². The molecule has 3 aromatic carbocycles. The number of nitro benzene ring substituents is 2. The Bertz CT molecular complexity index is 2680. The lowest BCUT2D eigenvalue weighted by atomic mass is 9.81. The summed E-state index contributed by atoms with van der Waals surface area (Å²) in [5.41, 5.74) is 2.77. The number of carboxylic acids is 1. The zero-order valence-corrected chi connectivity index (χ0v) is 39.9. The molecule has 368 valence electrons. The average molecular weight is 986 g/mol. The second kappa shape index (κ2) is 23.1. The number of ether oxygens (including phenoxy) is 4. The number of aliphatic carboxylic acids is 1. The summed E-state index contributed by atoms with van der Waals surface area (Å²) >= 11 is 0. The van der Waals surface area contributed by atoms with Crippen LogP contribution in [0.4, 0.5) is 22.7 Å². The van der Waals surface area contributed by atoms with Gasteiger partial charge in [0.25, 0.3) is 31.6 Å². The van der Waals surface area contributed by atoms with Gasteiger partial charge < -0.3 is 29.0 Å². The van der Waals surface area contributed by atoms with E-state index in [1.54, 1.807) is 12.1 Å². The first-order valence-corrected chi connectivity index (χ1v) is 24.6. The number of carbonyl (C=O) groups is 1. The lowest BCUT2D eigenvalue weighted by Gasteiger charge is -2.27. The summed E-state index contributed by atoms with van der Waals surface area (Å²) in [5.74, 6) is -0.860. The zero-order valence-electron chi connectivity index (χ0n) is 38.2. The first-order valence-electron chi connectivity index (χ1n) is 21.7. The Morgan fingerprint density at radius 2 is 1.26 bits per heavy atom. The molecule has 0 atom stereocenters. The van der Waals surface area contributed by atoms with E-state index in [0.29, 0.717) is 49.0 Å². The molecule has 0 unspecified atom stereocenters. The van der Waals surface area contributed by atoms with E-state index >= 15 is 0 Å². The fraction of sp³-hybridized carbons (Fsp3) is 0.435. The van der Waals surface area contributed by atoms with Crippen molar-refractivity contribution in [3.8, 4) is 0 Å². The van der Waals surface area contributed by atoms with E-state index in [-0.39, 0.29) is 69.1 Å². The molecule has 0 spiro atoms. The molecule has 0 aromatic heterocycles. The summed E-state index contributed by atoms with van der Waals surface area (Å²) in [6.07, 6.45) is 11.4. The van der Waals surface area contributed by atoms with Gasteiger partial charge in [0, 0.05) is 66.0 Å². The molecule has 2 aliphatic rings. The average Bonchev–Trinajstić information content (AvgIpc) is 3.61. The number of hydrogen-bond donors (Lipinski definition) is 3. The van der Waals surface area contributed by atoms with Gasteiger partial charge in [-0.2, -0.15) is 21.4 Å². The number of fused-ring (bicyclic) bond motifs is 2. The van der Waals surface area contributed by atoms with Crippen molar-refractivity contribution in [3.63, 3.8) is 0 Å². The Hall–Kier alpha value is -5.72. The monoisotopic (exact) mass is 985 g/mol. The Morgan fingerprint density at radius 3 is 1.84 bits per heavy atom. The summed E-state index contributed by atoms with van der Waals surface area (Å²) in [6, 6.07) is 12.3. The summed E-state index contributed by atoms with van der Waals surface area (Å²) in [6.45, 7) is 10.4. The maximum atomic E-state index is 12.1. The maximum absolute atomic E-state index is 12.1. The van der Waals surface area contributed by atoms with Crippen molar-refractivity contribution in [2.45, 2.75) is 80.6 Å². The van der Waals surface area contributed by atoms with Crippen LogP contribution in [0.2, 0.25) is 0 Å². The second-order valence-corrected chi connectivity index (χ2v) is 19.9. The highest BCUT2D eigenvalue weighted by molar-refractivity contribution is 7.86. The van der Waals surface area contributed by atoms with Gasteiger partial charge in [-0.25, -0.2) is 0 Å². The van der Waals surface area contributed by atoms with Crippen LogP contribution in [0.25, 0.3) is 0 Å². The third-order valence-electron chi connectivity index (χ3n) is 11.6. The maximum Gasteiger partial charge on any atom is 0.303 e. The lowest BCUT2D eigenvalue weighted by Crippen LogP contribution is -2.29. The fourth-order valence-corrected chi connectivity index (χ4v) is 9.16. The van der Waals surface area contributed by atoms with Crippen molar-refractivity contribution < 1.29 is 69.2 Å². The Labute approximate surface area is 395 Å². The molecule has 0 radical (unpaired) electrons. The van der Waals surface area contributed by atoms with Crippen molar-refractivity contribution >= 4 is 54.7 Å². The molecule has 2 heterocycles. The van der Waals surface area contributed by atoms with E-state index in [1.807, 2.05) is 63.0 Å². The van der Waals surface area contributed by atoms with Crippen LogP contribution < -0.4 is 4.90 Å². The summed E-state index contributed by atoms with van der Waals surface area (Å²) in [7, 11) is -8.94. The van der Waals surface area contributed by atoms with E-state index in [2.05, 4.69) is 4.58 Å². The van der Waals surface area contributed by atoms with Gasteiger partial charge in [-0.3, -0.25) is 34.1 Å². The van der Waals surface area contributed by atoms with Gasteiger partial charge in [0.2, 0.25) is 5.69 Å². The first kappa shape index (κ1) is 53.2. The van der Waals surface area contributed by atoms with Crippen molar-refractivity contribution in [1.82, 2.24) is 0 Å². The highest BCUT2D eigenvalue weighted by Gasteiger charge is 2.45. The van der Waals surface area contributed by atoms with Crippen molar-refractivity contribution in [2.24, 2.45) is 0 Å². The standard InChI is InChI=1S/C46H56N4O16S2/c1-45(2)38-30-36(67(57,58)59)14-16-40(38)47(18-10-6-9-13-44(51)52)42(45)11-7-5-8-12-43-46(3,4)39-31-37(68(60,61)62)15-17-41(39)48(43)19-20-63-21-22-64-23-24-65-25-26-66-32-33-27-34(49(53)54)29-35(28-33)50(55)56/h5,7-8,11-12,14-17,27-31H,6,9-10,13,18-26,32H2,1-4H3,(H2-,51,52,57,58,59,60,61,62)/p+1. The number of allylic oxidation sites excluding steroid dienone is 6. The molecular weight excluding hydrogens is 929 g/mol. The van der Waals surface area contributed by atoms with Gasteiger partial charge in [0.1, 0.15) is 6.54 Å². The highest BCUT2D eigenvalue weighted by Crippen LogP contribution is 2.48. The molecule has 3 N–H and O–H groups in total. The number of benzene rings is 3. The van der Waals surface area contributed by atoms with Crippen LogP contribution in [0, 0.1) is 20.2 Å². The van der Waals surface area contributed by atoms with Crippen LogP contribution >= 0.6 is 0 Å². The van der Waals surface area contributed by atoms with E-state index in [9.17, 15) is 51.0 Å². The minimum atomic E-state index is -4.48. The molecule has 0 bridgehead atoms. The van der Waals surface area contributed by atoms with E-state index in [4.69, 9.17) is 24.1 Å². The normalized spacial score (nSPS) is 16.0. The van der Waals surface area contributed by atoms with Gasteiger partial charge in [-0.15, -0.1) is 0 Å². The van der Waals surface area contributed by atoms with Crippen LogP contribution in [0.3, 0.4) is 0 Å². The van der Waals surface area contributed by atoms with Crippen LogP contribution in [-0.2, 0) is 61.4 Å². The van der Waals surface area contributed by atoms with E-state index < -0.39 is 58.3 Å². The summed E-state index contributed by atoms with van der Waals surface area (Å²) < 4.78 is 92.6. The SMILES string of the molecule is CC1(C)C(/C=C/C=C/C=C2/N(CCOCCOCCOCCOCc3cc([N+](=O)[O-])cc([N+](=O)[O-])c3)c3ccc(S(=O)(=O)O)cc3C2(C)C)=[N+](CCCCCC(=O)O)c2ccc(S(=O)(=O)O)cc21. The molecule has 0 saturated carbocycles. The number of rotatable bonds is 27. The summed E-state index contributed by atoms with van der Waals surface area (Å²) in [5, 5.41) is 31.3. The third kappa shape index (κ3) is 13.7. The number of hydrogen-bond acceptors (Lipinski definition) is 14. The highest BCUT2D eigenvalue weighted by atomic mass is 32.2. The fourth-order valence-electron chi connectivity index (χ4n) is 8.15. The minimum absolute atomic E-state index is 0.0652. The molecule has 5 rings (SSSR count). The first-order chi connectivity index (χ1) is 32.0. The number of nitro groups is 2. The van der Waals surface area contributed by atoms with E-state index in [0.717, 1.165) is 28.8 Å². The Kier molecular flexibility index (Phi) is 18.0. The molecule has 0 fully saturated rings. The molecule has 0 amide bonds. The molecule has 22 heteroatoms. The zero-order chi connectivity index (χ0) is 49.9.